The number of fused-ring (bicyclic) bond motifs is 1. The Morgan fingerprint density at radius 2 is 1.80 bits per heavy atom. The largest absolute Gasteiger partial charge is 0.492 e. The van der Waals surface area contributed by atoms with Crippen molar-refractivity contribution >= 4 is 21.4 Å². The van der Waals surface area contributed by atoms with Gasteiger partial charge in [-0.1, -0.05) is 30.3 Å². The summed E-state index contributed by atoms with van der Waals surface area (Å²) in [7, 11) is -0.365. The van der Waals surface area contributed by atoms with E-state index in [4.69, 9.17) is 4.74 Å². The first-order valence-corrected chi connectivity index (χ1v) is 12.3. The van der Waals surface area contributed by atoms with Gasteiger partial charge in [-0.2, -0.15) is 0 Å². The van der Waals surface area contributed by atoms with Crippen molar-refractivity contribution < 1.29 is 13.2 Å². The fraction of sp³-hybridized carbons (Fsp3) is 0.304. The van der Waals surface area contributed by atoms with Crippen LogP contribution in [0.3, 0.4) is 0 Å². The molecule has 1 aliphatic heterocycles. The highest BCUT2D eigenvalue weighted by atomic mass is 32.2. The number of hydrogen-bond acceptors (Lipinski definition) is 5. The van der Waals surface area contributed by atoms with Crippen molar-refractivity contribution in [2.75, 3.05) is 33.8 Å². The second kappa shape index (κ2) is 8.89. The quantitative estimate of drug-likeness (QED) is 0.554. The van der Waals surface area contributed by atoms with Gasteiger partial charge in [-0.3, -0.25) is 4.90 Å². The molecular weight excluding hydrogens is 416 g/mol. The lowest BCUT2D eigenvalue weighted by molar-refractivity contribution is 0.171. The molecule has 30 heavy (non-hydrogen) atoms. The summed E-state index contributed by atoms with van der Waals surface area (Å²) in [6, 6.07) is 19.7. The van der Waals surface area contributed by atoms with Gasteiger partial charge in [0.2, 0.25) is 10.0 Å². The van der Waals surface area contributed by atoms with Gasteiger partial charge in [0.05, 0.1) is 10.9 Å². The van der Waals surface area contributed by atoms with Crippen LogP contribution in [0.5, 0.6) is 5.75 Å². The van der Waals surface area contributed by atoms with Gasteiger partial charge in [-0.05, 0) is 53.3 Å². The van der Waals surface area contributed by atoms with Gasteiger partial charge >= 0.3 is 0 Å². The molecule has 0 amide bonds. The van der Waals surface area contributed by atoms with Gasteiger partial charge in [0, 0.05) is 32.1 Å². The molecule has 0 N–H and O–H groups in total. The van der Waals surface area contributed by atoms with Gasteiger partial charge in [0.25, 0.3) is 0 Å². The van der Waals surface area contributed by atoms with Crippen molar-refractivity contribution in [1.29, 1.82) is 0 Å². The van der Waals surface area contributed by atoms with Crippen molar-refractivity contribution in [3.63, 3.8) is 0 Å². The molecule has 0 radical (unpaired) electrons. The van der Waals surface area contributed by atoms with E-state index in [9.17, 15) is 8.42 Å². The molecular formula is C23H26N2O3S2. The van der Waals surface area contributed by atoms with Crippen molar-refractivity contribution in [1.82, 2.24) is 9.21 Å². The molecule has 7 heteroatoms. The Hall–Kier alpha value is -2.19. The molecule has 1 atom stereocenters. The third kappa shape index (κ3) is 4.30. The van der Waals surface area contributed by atoms with E-state index in [1.165, 1.54) is 34.4 Å². The number of benzene rings is 2. The second-order valence-corrected chi connectivity index (χ2v) is 10.7. The lowest BCUT2D eigenvalue weighted by atomic mass is 9.93. The topological polar surface area (TPSA) is 49.9 Å². The van der Waals surface area contributed by atoms with Crippen molar-refractivity contribution in [3.8, 4) is 5.75 Å². The molecule has 2 heterocycles. The fourth-order valence-electron chi connectivity index (χ4n) is 3.83. The first-order valence-electron chi connectivity index (χ1n) is 9.97. The molecule has 3 aromatic rings. The van der Waals surface area contributed by atoms with Crippen LogP contribution in [0.25, 0.3) is 0 Å². The Kier molecular flexibility index (Phi) is 6.24. The Labute approximate surface area is 182 Å². The molecule has 0 bridgehead atoms. The van der Waals surface area contributed by atoms with Crippen LogP contribution in [0.2, 0.25) is 0 Å². The van der Waals surface area contributed by atoms with Crippen LogP contribution in [0.15, 0.2) is 70.9 Å². The van der Waals surface area contributed by atoms with E-state index in [1.807, 2.05) is 11.3 Å². The molecule has 0 aliphatic carbocycles. The monoisotopic (exact) mass is 442 g/mol. The van der Waals surface area contributed by atoms with Crippen LogP contribution in [0.4, 0.5) is 0 Å². The molecule has 1 aromatic heterocycles. The maximum Gasteiger partial charge on any atom is 0.242 e. The zero-order valence-corrected chi connectivity index (χ0v) is 18.8. The number of ether oxygens (including phenoxy) is 1. The highest BCUT2D eigenvalue weighted by Crippen LogP contribution is 2.37. The summed E-state index contributed by atoms with van der Waals surface area (Å²) in [6.07, 6.45) is 1.06. The lowest BCUT2D eigenvalue weighted by Gasteiger charge is -2.36. The van der Waals surface area contributed by atoms with Gasteiger partial charge in [-0.25, -0.2) is 12.7 Å². The number of nitrogens with zero attached hydrogens (tertiary/aromatic N) is 2. The summed E-state index contributed by atoms with van der Waals surface area (Å²) in [5.41, 5.74) is 2.70. The third-order valence-corrected chi connectivity index (χ3v) is 8.26. The first kappa shape index (κ1) is 21.1. The summed E-state index contributed by atoms with van der Waals surface area (Å²) >= 11 is 1.84. The van der Waals surface area contributed by atoms with E-state index in [1.54, 1.807) is 24.3 Å². The zero-order valence-electron chi connectivity index (χ0n) is 17.2. The van der Waals surface area contributed by atoms with Gasteiger partial charge < -0.3 is 4.74 Å². The Balaban J connectivity index is 1.43. The molecule has 1 aliphatic rings. The summed E-state index contributed by atoms with van der Waals surface area (Å²) in [5, 5.41) is 2.18. The predicted molar refractivity (Wildman–Crippen MR) is 121 cm³/mol. The van der Waals surface area contributed by atoms with Crippen LogP contribution in [0, 0.1) is 0 Å². The average Bonchev–Trinajstić information content (AvgIpc) is 3.23. The summed E-state index contributed by atoms with van der Waals surface area (Å²) in [6.45, 7) is 2.34. The van der Waals surface area contributed by atoms with E-state index in [0.29, 0.717) is 12.4 Å². The van der Waals surface area contributed by atoms with E-state index >= 15 is 0 Å². The second-order valence-electron chi connectivity index (χ2n) is 7.51. The lowest BCUT2D eigenvalue weighted by Crippen LogP contribution is -2.38. The fourth-order valence-corrected chi connectivity index (χ4v) is 5.64. The van der Waals surface area contributed by atoms with E-state index in [0.717, 1.165) is 19.5 Å². The molecule has 0 spiro atoms. The molecule has 0 saturated carbocycles. The molecule has 1 unspecified atom stereocenters. The first-order chi connectivity index (χ1) is 14.5. The van der Waals surface area contributed by atoms with Crippen molar-refractivity contribution in [3.05, 3.63) is 82.0 Å². The van der Waals surface area contributed by atoms with Gasteiger partial charge in [0.1, 0.15) is 12.4 Å². The summed E-state index contributed by atoms with van der Waals surface area (Å²) in [4.78, 5) is 4.21. The van der Waals surface area contributed by atoms with Crippen LogP contribution in [0.1, 0.15) is 22.0 Å². The molecule has 158 valence electrons. The van der Waals surface area contributed by atoms with Crippen LogP contribution >= 0.6 is 11.3 Å². The van der Waals surface area contributed by atoms with Crippen LogP contribution in [-0.2, 0) is 16.4 Å². The number of sulfonamides is 1. The Bertz CT molecular complexity index is 1080. The number of rotatable bonds is 7. The maximum absolute atomic E-state index is 12.2. The minimum Gasteiger partial charge on any atom is -0.492 e. The minimum absolute atomic E-state index is 0.248. The van der Waals surface area contributed by atoms with Crippen LogP contribution in [-0.4, -0.2) is 51.4 Å². The molecule has 0 fully saturated rings. The summed E-state index contributed by atoms with van der Waals surface area (Å²) in [5.74, 6) is 0.678. The molecule has 5 nitrogen and oxygen atoms in total. The summed E-state index contributed by atoms with van der Waals surface area (Å²) < 4.78 is 31.5. The number of hydrogen-bond donors (Lipinski definition) is 0. The maximum atomic E-state index is 12.2. The minimum atomic E-state index is -3.42. The Morgan fingerprint density at radius 3 is 2.50 bits per heavy atom. The highest BCUT2D eigenvalue weighted by Gasteiger charge is 2.29. The van der Waals surface area contributed by atoms with Crippen molar-refractivity contribution in [2.24, 2.45) is 0 Å². The molecule has 0 saturated heterocycles. The van der Waals surface area contributed by atoms with E-state index in [-0.39, 0.29) is 10.9 Å². The van der Waals surface area contributed by atoms with Gasteiger partial charge in [-0.15, -0.1) is 11.3 Å². The Morgan fingerprint density at radius 1 is 1.07 bits per heavy atom. The normalized spacial score (nSPS) is 17.1. The van der Waals surface area contributed by atoms with E-state index in [2.05, 4.69) is 46.7 Å². The third-order valence-electron chi connectivity index (χ3n) is 5.43. The SMILES string of the molecule is CN(C)S(=O)(=O)c1ccc(OCCN2CCc3sccc3C2c2ccccc2)cc1. The predicted octanol–water partition coefficient (Wildman–Crippen LogP) is 4.02. The average molecular weight is 443 g/mol. The molecule has 4 rings (SSSR count). The highest BCUT2D eigenvalue weighted by molar-refractivity contribution is 7.89. The molecule has 2 aromatic carbocycles. The number of thiophene rings is 1. The van der Waals surface area contributed by atoms with Crippen LogP contribution < -0.4 is 4.74 Å². The van der Waals surface area contributed by atoms with Gasteiger partial charge in [0.15, 0.2) is 0 Å². The van der Waals surface area contributed by atoms with E-state index < -0.39 is 10.0 Å². The van der Waals surface area contributed by atoms with Crippen molar-refractivity contribution in [2.45, 2.75) is 17.4 Å². The standard InChI is InChI=1S/C23H26N2O3S2/c1-24(2)30(26,27)20-10-8-19(9-11-20)28-16-15-25-14-12-22-21(13-17-29-22)23(25)18-6-4-3-5-7-18/h3-11,13,17,23H,12,14-16H2,1-2H3. The smallest absolute Gasteiger partial charge is 0.242 e. The zero-order chi connectivity index (χ0) is 21.1.